The third-order valence-electron chi connectivity index (χ3n) is 4.10. The van der Waals surface area contributed by atoms with Crippen LogP contribution in [-0.4, -0.2) is 30.0 Å². The lowest BCUT2D eigenvalue weighted by Gasteiger charge is -2.30. The van der Waals surface area contributed by atoms with Crippen molar-refractivity contribution < 1.29 is 4.79 Å². The van der Waals surface area contributed by atoms with Crippen LogP contribution in [0.1, 0.15) is 23.7 Å². The van der Waals surface area contributed by atoms with Gasteiger partial charge in [-0.05, 0) is 31.5 Å². The molecule has 2 heterocycles. The maximum absolute atomic E-state index is 12.5. The minimum Gasteiger partial charge on any atom is -0.349 e. The van der Waals surface area contributed by atoms with E-state index < -0.39 is 0 Å². The Hall–Kier alpha value is -2.14. The van der Waals surface area contributed by atoms with Crippen LogP contribution in [0.15, 0.2) is 35.1 Å². The van der Waals surface area contributed by atoms with E-state index in [0.29, 0.717) is 17.0 Å². The number of piperidine rings is 1. The molecule has 2 atom stereocenters. The molecule has 1 amide bonds. The molecular formula is C16H19N3O2. The number of carbonyl (C=O) groups is 1. The van der Waals surface area contributed by atoms with Crippen LogP contribution < -0.4 is 16.2 Å². The van der Waals surface area contributed by atoms with Crippen molar-refractivity contribution in [3.05, 3.63) is 46.2 Å². The fourth-order valence-corrected chi connectivity index (χ4v) is 2.87. The molecule has 2 aromatic rings. The number of para-hydroxylation sites is 1. The zero-order chi connectivity index (χ0) is 14.8. The number of hydrogen-bond acceptors (Lipinski definition) is 3. The molecule has 1 aliphatic heterocycles. The Labute approximate surface area is 122 Å². The first kappa shape index (κ1) is 13.8. The Kier molecular flexibility index (Phi) is 3.75. The molecule has 1 aromatic carbocycles. The molecule has 1 aromatic heterocycles. The van der Waals surface area contributed by atoms with E-state index in [1.807, 2.05) is 18.2 Å². The molecule has 0 bridgehead atoms. The highest BCUT2D eigenvalue weighted by atomic mass is 16.2. The second-order valence-electron chi connectivity index (χ2n) is 5.64. The van der Waals surface area contributed by atoms with Crippen LogP contribution in [0.25, 0.3) is 10.9 Å². The van der Waals surface area contributed by atoms with Crippen molar-refractivity contribution in [2.45, 2.75) is 19.4 Å². The summed E-state index contributed by atoms with van der Waals surface area (Å²) in [5.74, 6) is 0.215. The first-order valence-corrected chi connectivity index (χ1v) is 7.29. The van der Waals surface area contributed by atoms with Gasteiger partial charge in [-0.1, -0.05) is 25.1 Å². The number of fused-ring (bicyclic) bond motifs is 1. The number of aromatic nitrogens is 1. The van der Waals surface area contributed by atoms with E-state index in [4.69, 9.17) is 0 Å². The van der Waals surface area contributed by atoms with Gasteiger partial charge in [-0.25, -0.2) is 0 Å². The van der Waals surface area contributed by atoms with Crippen molar-refractivity contribution in [3.63, 3.8) is 0 Å². The molecule has 5 nitrogen and oxygen atoms in total. The molecule has 110 valence electrons. The Morgan fingerprint density at radius 1 is 1.33 bits per heavy atom. The molecule has 3 N–H and O–H groups in total. The first-order valence-electron chi connectivity index (χ1n) is 7.29. The highest BCUT2D eigenvalue weighted by Crippen LogP contribution is 2.16. The van der Waals surface area contributed by atoms with Crippen molar-refractivity contribution in [1.82, 2.24) is 15.6 Å². The molecule has 3 rings (SSSR count). The summed E-state index contributed by atoms with van der Waals surface area (Å²) in [6, 6.07) is 8.90. The number of rotatable bonds is 2. The topological polar surface area (TPSA) is 74.0 Å². The van der Waals surface area contributed by atoms with Gasteiger partial charge in [-0.2, -0.15) is 0 Å². The summed E-state index contributed by atoms with van der Waals surface area (Å²) >= 11 is 0. The van der Waals surface area contributed by atoms with Crippen LogP contribution in [-0.2, 0) is 0 Å². The molecule has 2 unspecified atom stereocenters. The lowest BCUT2D eigenvalue weighted by atomic mass is 9.95. The number of aromatic amines is 1. The standard InChI is InChI=1S/C16H19N3O2/c1-10-9-17-7-6-13(10)19-16(21)12-8-15(20)18-14-5-3-2-4-11(12)14/h2-5,8,10,13,17H,6-7,9H2,1H3,(H,18,20)(H,19,21). The molecule has 0 radical (unpaired) electrons. The highest BCUT2D eigenvalue weighted by Gasteiger charge is 2.23. The van der Waals surface area contributed by atoms with Gasteiger partial charge < -0.3 is 15.6 Å². The van der Waals surface area contributed by atoms with Gasteiger partial charge in [0.25, 0.3) is 5.91 Å². The summed E-state index contributed by atoms with van der Waals surface area (Å²) in [4.78, 5) is 27.0. The van der Waals surface area contributed by atoms with E-state index >= 15 is 0 Å². The summed E-state index contributed by atoms with van der Waals surface area (Å²) < 4.78 is 0. The summed E-state index contributed by atoms with van der Waals surface area (Å²) in [5.41, 5.74) is 0.880. The van der Waals surface area contributed by atoms with Crippen LogP contribution >= 0.6 is 0 Å². The molecule has 5 heteroatoms. The number of carbonyl (C=O) groups excluding carboxylic acids is 1. The molecule has 1 aliphatic rings. The van der Waals surface area contributed by atoms with Gasteiger partial charge in [-0.3, -0.25) is 9.59 Å². The highest BCUT2D eigenvalue weighted by molar-refractivity contribution is 6.06. The predicted molar refractivity (Wildman–Crippen MR) is 82.5 cm³/mol. The average molecular weight is 285 g/mol. The zero-order valence-electron chi connectivity index (χ0n) is 12.0. The monoisotopic (exact) mass is 285 g/mol. The van der Waals surface area contributed by atoms with Gasteiger partial charge in [0.1, 0.15) is 0 Å². The van der Waals surface area contributed by atoms with Crippen molar-refractivity contribution in [1.29, 1.82) is 0 Å². The SMILES string of the molecule is CC1CNCCC1NC(=O)c1cc(=O)[nH]c2ccccc12. The number of nitrogens with one attached hydrogen (secondary N) is 3. The lowest BCUT2D eigenvalue weighted by Crippen LogP contribution is -2.48. The van der Waals surface area contributed by atoms with Crippen molar-refractivity contribution in [3.8, 4) is 0 Å². The number of H-pyrrole nitrogens is 1. The van der Waals surface area contributed by atoms with Crippen LogP contribution in [0, 0.1) is 5.92 Å². The quantitative estimate of drug-likeness (QED) is 0.777. The maximum atomic E-state index is 12.5. The third kappa shape index (κ3) is 2.83. The molecule has 0 aliphatic carbocycles. The van der Waals surface area contributed by atoms with Crippen molar-refractivity contribution >= 4 is 16.8 Å². The van der Waals surface area contributed by atoms with E-state index in [2.05, 4.69) is 22.5 Å². The average Bonchev–Trinajstić information content (AvgIpc) is 2.48. The molecule has 1 saturated heterocycles. The van der Waals surface area contributed by atoms with Gasteiger partial charge >= 0.3 is 0 Å². The Morgan fingerprint density at radius 3 is 2.95 bits per heavy atom. The number of hydrogen-bond donors (Lipinski definition) is 3. The summed E-state index contributed by atoms with van der Waals surface area (Å²) in [6.45, 7) is 3.93. The summed E-state index contributed by atoms with van der Waals surface area (Å²) in [5, 5.41) is 7.16. The third-order valence-corrected chi connectivity index (χ3v) is 4.10. The van der Waals surface area contributed by atoms with E-state index in [1.165, 1.54) is 6.07 Å². The fraction of sp³-hybridized carbons (Fsp3) is 0.375. The molecule has 21 heavy (non-hydrogen) atoms. The van der Waals surface area contributed by atoms with Crippen molar-refractivity contribution in [2.24, 2.45) is 5.92 Å². The number of benzene rings is 1. The smallest absolute Gasteiger partial charge is 0.252 e. The lowest BCUT2D eigenvalue weighted by molar-refractivity contribution is 0.0915. The van der Waals surface area contributed by atoms with Gasteiger partial charge in [-0.15, -0.1) is 0 Å². The first-order chi connectivity index (χ1) is 10.1. The second kappa shape index (κ2) is 5.69. The largest absolute Gasteiger partial charge is 0.349 e. The summed E-state index contributed by atoms with van der Waals surface area (Å²) in [6.07, 6.45) is 0.911. The Balaban J connectivity index is 1.92. The van der Waals surface area contributed by atoms with Gasteiger partial charge in [0.15, 0.2) is 0 Å². The maximum Gasteiger partial charge on any atom is 0.252 e. The number of amides is 1. The summed E-state index contributed by atoms with van der Waals surface area (Å²) in [7, 11) is 0. The Bertz CT molecular complexity index is 723. The predicted octanol–water partition coefficient (Wildman–Crippen LogP) is 1.26. The molecule has 1 fully saturated rings. The minimum atomic E-state index is -0.253. The van der Waals surface area contributed by atoms with E-state index in [1.54, 1.807) is 6.07 Å². The van der Waals surface area contributed by atoms with Gasteiger partial charge in [0.2, 0.25) is 5.56 Å². The van der Waals surface area contributed by atoms with Crippen LogP contribution in [0.4, 0.5) is 0 Å². The van der Waals surface area contributed by atoms with Crippen molar-refractivity contribution in [2.75, 3.05) is 13.1 Å². The van der Waals surface area contributed by atoms with E-state index in [-0.39, 0.29) is 17.5 Å². The van der Waals surface area contributed by atoms with E-state index in [0.717, 1.165) is 24.9 Å². The number of pyridine rings is 1. The normalized spacial score (nSPS) is 22.1. The zero-order valence-corrected chi connectivity index (χ0v) is 12.0. The van der Waals surface area contributed by atoms with Crippen LogP contribution in [0.2, 0.25) is 0 Å². The van der Waals surface area contributed by atoms with Crippen LogP contribution in [0.5, 0.6) is 0 Å². The molecule has 0 saturated carbocycles. The molecular weight excluding hydrogens is 266 g/mol. The van der Waals surface area contributed by atoms with Crippen LogP contribution in [0.3, 0.4) is 0 Å². The van der Waals surface area contributed by atoms with Gasteiger partial charge in [0.05, 0.1) is 5.56 Å². The Morgan fingerprint density at radius 2 is 2.14 bits per heavy atom. The van der Waals surface area contributed by atoms with E-state index in [9.17, 15) is 9.59 Å². The minimum absolute atomic E-state index is 0.150. The molecule has 0 spiro atoms. The second-order valence-corrected chi connectivity index (χ2v) is 5.64. The van der Waals surface area contributed by atoms with Gasteiger partial charge in [0, 0.05) is 23.0 Å². The fourth-order valence-electron chi connectivity index (χ4n) is 2.87.